The zero-order valence-electron chi connectivity index (χ0n) is 14.0. The predicted octanol–water partition coefficient (Wildman–Crippen LogP) is 3.86. The number of esters is 1. The third kappa shape index (κ3) is 4.98. The second kappa shape index (κ2) is 7.57. The lowest BCUT2D eigenvalue weighted by molar-refractivity contribution is -0.151. The van der Waals surface area contributed by atoms with E-state index in [1.807, 2.05) is 0 Å². The minimum atomic E-state index is -5.88. The van der Waals surface area contributed by atoms with Crippen molar-refractivity contribution in [1.82, 2.24) is 0 Å². The average molecular weight is 364 g/mol. The molecule has 1 atom stereocenters. The van der Waals surface area contributed by atoms with Gasteiger partial charge in [-0.2, -0.15) is 17.2 Å². The van der Waals surface area contributed by atoms with E-state index in [-0.39, 0.29) is 11.7 Å². The van der Waals surface area contributed by atoms with Crippen LogP contribution in [0.3, 0.4) is 0 Å². The Morgan fingerprint density at radius 1 is 1.17 bits per heavy atom. The van der Waals surface area contributed by atoms with Gasteiger partial charge in [-0.3, -0.25) is 4.55 Å². The first kappa shape index (κ1) is 20.5. The molecule has 0 heterocycles. The molecule has 0 amide bonds. The Morgan fingerprint density at radius 3 is 2.04 bits per heavy atom. The largest absolute Gasteiger partial charge is 0.466 e. The molecule has 0 aliphatic heterocycles. The summed E-state index contributed by atoms with van der Waals surface area (Å²) in [6.45, 7) is 8.35. The van der Waals surface area contributed by atoms with Crippen LogP contribution in [0.1, 0.15) is 45.6 Å². The lowest BCUT2D eigenvalue weighted by Crippen LogP contribution is -2.40. The van der Waals surface area contributed by atoms with Crippen LogP contribution >= 0.6 is 0 Å². The molecule has 0 aromatic heterocycles. The van der Waals surface area contributed by atoms with E-state index in [0.29, 0.717) is 11.8 Å². The van der Waals surface area contributed by atoms with Crippen LogP contribution in [0.25, 0.3) is 0 Å². The summed E-state index contributed by atoms with van der Waals surface area (Å²) in [4.78, 5) is 11.2. The van der Waals surface area contributed by atoms with Gasteiger partial charge in [0.15, 0.2) is 0 Å². The van der Waals surface area contributed by atoms with E-state index in [0.717, 1.165) is 12.0 Å². The van der Waals surface area contributed by atoms with Gasteiger partial charge in [0.2, 0.25) is 0 Å². The van der Waals surface area contributed by atoms with Crippen molar-refractivity contribution >= 4 is 16.1 Å². The van der Waals surface area contributed by atoms with E-state index < -0.39 is 21.3 Å². The molecule has 0 bridgehead atoms. The third-order valence-electron chi connectivity index (χ3n) is 3.61. The Kier molecular flexibility index (Phi) is 6.46. The standard InChI is InChI=1S/C16H22F2O5S/c1-10(2)9-14(11(3)4)12-5-7-13(8-6-12)23-15(19)16(17,18)24(20,21)22/h5-8,10-11,14H,9H2,1-4H3,(H,20,21,22). The van der Waals surface area contributed by atoms with Gasteiger partial charge in [0, 0.05) is 0 Å². The van der Waals surface area contributed by atoms with Gasteiger partial charge in [0.05, 0.1) is 0 Å². The number of carbonyl (C=O) groups excluding carboxylic acids is 1. The molecule has 1 rings (SSSR count). The number of carbonyl (C=O) groups is 1. The molecule has 0 saturated carbocycles. The molecule has 0 fully saturated rings. The summed E-state index contributed by atoms with van der Waals surface area (Å²) >= 11 is 0. The molecule has 5 nitrogen and oxygen atoms in total. The lowest BCUT2D eigenvalue weighted by Gasteiger charge is -2.23. The van der Waals surface area contributed by atoms with E-state index in [2.05, 4.69) is 32.4 Å². The minimum Gasteiger partial charge on any atom is -0.421 e. The van der Waals surface area contributed by atoms with E-state index >= 15 is 0 Å². The molecular weight excluding hydrogens is 342 g/mol. The smallest absolute Gasteiger partial charge is 0.421 e. The molecule has 0 radical (unpaired) electrons. The third-order valence-corrected chi connectivity index (χ3v) is 4.43. The maximum Gasteiger partial charge on any atom is 0.466 e. The molecule has 1 aromatic rings. The van der Waals surface area contributed by atoms with Crippen molar-refractivity contribution in [2.45, 2.75) is 45.3 Å². The highest BCUT2D eigenvalue weighted by Crippen LogP contribution is 2.32. The van der Waals surface area contributed by atoms with E-state index in [4.69, 9.17) is 4.55 Å². The monoisotopic (exact) mass is 364 g/mol. The lowest BCUT2D eigenvalue weighted by atomic mass is 9.82. The minimum absolute atomic E-state index is 0.223. The van der Waals surface area contributed by atoms with Crippen LogP contribution in [-0.2, 0) is 14.9 Å². The predicted molar refractivity (Wildman–Crippen MR) is 85.6 cm³/mol. The molecule has 0 saturated heterocycles. The zero-order chi connectivity index (χ0) is 18.7. The summed E-state index contributed by atoms with van der Waals surface area (Å²) in [5.41, 5.74) is 0.972. The highest BCUT2D eigenvalue weighted by Gasteiger charge is 2.54. The second-order valence-electron chi connectivity index (χ2n) is 6.43. The SMILES string of the molecule is CC(C)CC(c1ccc(OC(=O)C(F)(F)S(=O)(=O)O)cc1)C(C)C. The number of rotatable bonds is 7. The topological polar surface area (TPSA) is 80.7 Å². The van der Waals surface area contributed by atoms with Gasteiger partial charge >= 0.3 is 21.3 Å². The van der Waals surface area contributed by atoms with Gasteiger partial charge in [0.1, 0.15) is 5.75 Å². The molecule has 1 N–H and O–H groups in total. The Morgan fingerprint density at radius 2 is 1.67 bits per heavy atom. The number of alkyl halides is 2. The summed E-state index contributed by atoms with van der Waals surface area (Å²) in [5.74, 6) is -1.47. The quantitative estimate of drug-likeness (QED) is 0.451. The van der Waals surface area contributed by atoms with Crippen LogP contribution < -0.4 is 4.74 Å². The van der Waals surface area contributed by atoms with E-state index in [1.54, 1.807) is 12.1 Å². The normalized spacial score (nSPS) is 14.0. The highest BCUT2D eigenvalue weighted by molar-refractivity contribution is 7.87. The Bertz CT molecular complexity index is 666. The van der Waals surface area contributed by atoms with Gasteiger partial charge in [-0.05, 0) is 41.9 Å². The number of halogens is 2. The highest BCUT2D eigenvalue weighted by atomic mass is 32.2. The fourth-order valence-corrected chi connectivity index (χ4v) is 2.61. The Labute approximate surface area is 140 Å². The van der Waals surface area contributed by atoms with Crippen molar-refractivity contribution < 1.29 is 31.3 Å². The molecule has 8 heteroatoms. The van der Waals surface area contributed by atoms with Crippen molar-refractivity contribution in [1.29, 1.82) is 0 Å². The Hall–Kier alpha value is -1.54. The molecule has 0 spiro atoms. The van der Waals surface area contributed by atoms with Crippen molar-refractivity contribution in [2.75, 3.05) is 0 Å². The van der Waals surface area contributed by atoms with Crippen LogP contribution in [0, 0.1) is 11.8 Å². The number of hydrogen-bond acceptors (Lipinski definition) is 4. The van der Waals surface area contributed by atoms with Gasteiger partial charge in [-0.25, -0.2) is 4.79 Å². The first-order valence-electron chi connectivity index (χ1n) is 7.53. The maximum absolute atomic E-state index is 13.2. The van der Waals surface area contributed by atoms with Gasteiger partial charge in [0.25, 0.3) is 0 Å². The van der Waals surface area contributed by atoms with Crippen LogP contribution in [0.5, 0.6) is 5.75 Å². The van der Waals surface area contributed by atoms with Crippen LogP contribution in [0.4, 0.5) is 8.78 Å². The Balaban J connectivity index is 2.94. The van der Waals surface area contributed by atoms with Crippen molar-refractivity contribution in [3.63, 3.8) is 0 Å². The van der Waals surface area contributed by atoms with E-state index in [9.17, 15) is 22.0 Å². The number of hydrogen-bond donors (Lipinski definition) is 1. The average Bonchev–Trinajstić information content (AvgIpc) is 2.44. The first-order valence-corrected chi connectivity index (χ1v) is 8.97. The molecule has 0 aliphatic carbocycles. The summed E-state index contributed by atoms with van der Waals surface area (Å²) < 4.78 is 60.1. The van der Waals surface area contributed by atoms with Gasteiger partial charge in [-0.15, -0.1) is 0 Å². The fourth-order valence-electron chi connectivity index (χ4n) is 2.36. The second-order valence-corrected chi connectivity index (χ2v) is 7.89. The van der Waals surface area contributed by atoms with Gasteiger partial charge in [-0.1, -0.05) is 39.8 Å². The summed E-state index contributed by atoms with van der Waals surface area (Å²) in [6, 6.07) is 5.95. The summed E-state index contributed by atoms with van der Waals surface area (Å²) in [7, 11) is -5.88. The fraction of sp³-hybridized carbons (Fsp3) is 0.562. The molecule has 24 heavy (non-hydrogen) atoms. The first-order chi connectivity index (χ1) is 10.9. The molecule has 0 aliphatic rings. The molecular formula is C16H22F2O5S. The van der Waals surface area contributed by atoms with Gasteiger partial charge < -0.3 is 4.74 Å². The summed E-state index contributed by atoms with van der Waals surface area (Å²) in [5, 5.41) is -5.01. The van der Waals surface area contributed by atoms with Crippen molar-refractivity contribution in [3.8, 4) is 5.75 Å². The molecule has 1 unspecified atom stereocenters. The van der Waals surface area contributed by atoms with Crippen molar-refractivity contribution in [3.05, 3.63) is 29.8 Å². The van der Waals surface area contributed by atoms with Crippen LogP contribution in [0.2, 0.25) is 0 Å². The zero-order valence-corrected chi connectivity index (χ0v) is 14.8. The number of ether oxygens (including phenoxy) is 1. The van der Waals surface area contributed by atoms with Crippen molar-refractivity contribution in [2.24, 2.45) is 11.8 Å². The van der Waals surface area contributed by atoms with Crippen LogP contribution in [0.15, 0.2) is 24.3 Å². The maximum atomic E-state index is 13.2. The van der Waals surface area contributed by atoms with Crippen LogP contribution in [-0.4, -0.2) is 24.2 Å². The van der Waals surface area contributed by atoms with E-state index in [1.165, 1.54) is 12.1 Å². The summed E-state index contributed by atoms with van der Waals surface area (Å²) in [6.07, 6.45) is 0.942. The molecule has 136 valence electrons. The molecule has 1 aromatic carbocycles. The number of benzene rings is 1.